The number of carbonyl (C=O) groups is 1. The molecule has 5 nitrogen and oxygen atoms in total. The van der Waals surface area contributed by atoms with Gasteiger partial charge in [-0.1, -0.05) is 0 Å². The van der Waals surface area contributed by atoms with Crippen molar-refractivity contribution < 1.29 is 4.79 Å². The predicted octanol–water partition coefficient (Wildman–Crippen LogP) is 0.354. The smallest absolute Gasteiger partial charge is 0.220 e. The first-order chi connectivity index (χ1) is 7.24. The molecule has 5 heteroatoms. The van der Waals surface area contributed by atoms with Gasteiger partial charge < -0.3 is 16.4 Å². The quantitative estimate of drug-likeness (QED) is 0.652. The predicted molar refractivity (Wildman–Crippen MR) is 58.3 cm³/mol. The molecule has 1 aromatic heterocycles. The third-order valence-electron chi connectivity index (χ3n) is 2.42. The summed E-state index contributed by atoms with van der Waals surface area (Å²) in [5.74, 6) is 0.640. The van der Waals surface area contributed by atoms with Crippen LogP contribution in [-0.2, 0) is 4.79 Å². The molecule has 1 aromatic rings. The number of aromatic nitrogens is 1. The lowest BCUT2D eigenvalue weighted by atomic mass is 10.1. The van der Waals surface area contributed by atoms with Gasteiger partial charge >= 0.3 is 0 Å². The maximum Gasteiger partial charge on any atom is 0.220 e. The molecule has 0 saturated carbocycles. The fourth-order valence-corrected chi connectivity index (χ4v) is 1.58. The van der Waals surface area contributed by atoms with Gasteiger partial charge in [-0.3, -0.25) is 4.79 Å². The van der Waals surface area contributed by atoms with E-state index in [9.17, 15) is 4.79 Å². The number of hydrogen-bond acceptors (Lipinski definition) is 4. The fraction of sp³-hybridized carbons (Fsp3) is 0.400. The minimum absolute atomic E-state index is 0.128. The SMILES string of the molecule is Nc1ccc(NC2CCC(=O)NC2)cn1. The Morgan fingerprint density at radius 2 is 2.40 bits per heavy atom. The third-order valence-corrected chi connectivity index (χ3v) is 2.42. The highest BCUT2D eigenvalue weighted by Gasteiger charge is 2.17. The molecular weight excluding hydrogens is 192 g/mol. The molecule has 2 heterocycles. The Morgan fingerprint density at radius 3 is 3.00 bits per heavy atom. The summed E-state index contributed by atoms with van der Waals surface area (Å²) in [5.41, 5.74) is 6.42. The van der Waals surface area contributed by atoms with Crippen LogP contribution in [0.25, 0.3) is 0 Å². The average molecular weight is 206 g/mol. The summed E-state index contributed by atoms with van der Waals surface area (Å²) in [7, 11) is 0. The van der Waals surface area contributed by atoms with Gasteiger partial charge in [-0.15, -0.1) is 0 Å². The first-order valence-electron chi connectivity index (χ1n) is 4.99. The summed E-state index contributed by atoms with van der Waals surface area (Å²) in [6.45, 7) is 0.670. The van der Waals surface area contributed by atoms with Gasteiger partial charge in [0, 0.05) is 19.0 Å². The van der Waals surface area contributed by atoms with Gasteiger partial charge in [0.25, 0.3) is 0 Å². The molecule has 1 saturated heterocycles. The number of amides is 1. The van der Waals surface area contributed by atoms with Crippen molar-refractivity contribution in [3.05, 3.63) is 18.3 Å². The van der Waals surface area contributed by atoms with Gasteiger partial charge in [0.15, 0.2) is 0 Å². The Morgan fingerprint density at radius 1 is 1.53 bits per heavy atom. The van der Waals surface area contributed by atoms with E-state index in [1.807, 2.05) is 6.07 Å². The molecule has 1 fully saturated rings. The van der Waals surface area contributed by atoms with Crippen LogP contribution in [0.2, 0.25) is 0 Å². The standard InChI is InChI=1S/C10H14N4O/c11-9-3-1-7(5-12-9)14-8-2-4-10(15)13-6-8/h1,3,5,8,14H,2,4,6H2,(H2,11,12)(H,13,15). The van der Waals surface area contributed by atoms with Crippen molar-refractivity contribution in [2.45, 2.75) is 18.9 Å². The van der Waals surface area contributed by atoms with E-state index >= 15 is 0 Å². The Balaban J connectivity index is 1.91. The molecule has 2 rings (SSSR count). The monoisotopic (exact) mass is 206 g/mol. The van der Waals surface area contributed by atoms with Gasteiger partial charge in [0.1, 0.15) is 5.82 Å². The Hall–Kier alpha value is -1.78. The second-order valence-corrected chi connectivity index (χ2v) is 3.66. The van der Waals surface area contributed by atoms with Crippen LogP contribution in [0.3, 0.4) is 0 Å². The molecule has 80 valence electrons. The molecule has 15 heavy (non-hydrogen) atoms. The number of carbonyl (C=O) groups excluding carboxylic acids is 1. The zero-order chi connectivity index (χ0) is 10.7. The zero-order valence-corrected chi connectivity index (χ0v) is 8.36. The number of hydrogen-bond donors (Lipinski definition) is 3. The van der Waals surface area contributed by atoms with Gasteiger partial charge in [-0.05, 0) is 18.6 Å². The number of nitrogens with two attached hydrogens (primary N) is 1. The zero-order valence-electron chi connectivity index (χ0n) is 8.36. The van der Waals surface area contributed by atoms with Gasteiger partial charge in [-0.2, -0.15) is 0 Å². The first kappa shape index (κ1) is 9.76. The van der Waals surface area contributed by atoms with Crippen molar-refractivity contribution in [3.63, 3.8) is 0 Å². The van der Waals surface area contributed by atoms with Crippen LogP contribution in [0.5, 0.6) is 0 Å². The molecule has 0 aliphatic carbocycles. The number of nitrogens with one attached hydrogen (secondary N) is 2. The molecule has 4 N–H and O–H groups in total. The molecule has 1 aliphatic heterocycles. The van der Waals surface area contributed by atoms with Crippen LogP contribution in [-0.4, -0.2) is 23.5 Å². The molecule has 0 radical (unpaired) electrons. The second-order valence-electron chi connectivity index (χ2n) is 3.66. The molecular formula is C10H14N4O. The minimum Gasteiger partial charge on any atom is -0.384 e. The molecule has 1 atom stereocenters. The Labute approximate surface area is 88.1 Å². The lowest BCUT2D eigenvalue weighted by Gasteiger charge is -2.24. The van der Waals surface area contributed by atoms with Crippen LogP contribution in [0.4, 0.5) is 11.5 Å². The maximum atomic E-state index is 10.9. The van der Waals surface area contributed by atoms with Crippen LogP contribution in [0.1, 0.15) is 12.8 Å². The minimum atomic E-state index is 0.128. The van der Waals surface area contributed by atoms with Crippen molar-refractivity contribution in [2.75, 3.05) is 17.6 Å². The Bertz CT molecular complexity index is 339. The number of nitrogen functional groups attached to an aromatic ring is 1. The van der Waals surface area contributed by atoms with E-state index in [-0.39, 0.29) is 11.9 Å². The van der Waals surface area contributed by atoms with Crippen LogP contribution >= 0.6 is 0 Å². The number of rotatable bonds is 2. The van der Waals surface area contributed by atoms with Crippen LogP contribution in [0.15, 0.2) is 18.3 Å². The maximum absolute atomic E-state index is 10.9. The van der Waals surface area contributed by atoms with Crippen molar-refractivity contribution in [3.8, 4) is 0 Å². The highest BCUT2D eigenvalue weighted by atomic mass is 16.1. The summed E-state index contributed by atoms with van der Waals surface area (Å²) in [4.78, 5) is 14.9. The first-order valence-corrected chi connectivity index (χ1v) is 4.99. The number of nitrogens with zero attached hydrogens (tertiary/aromatic N) is 1. The van der Waals surface area contributed by atoms with E-state index in [1.54, 1.807) is 12.3 Å². The summed E-state index contributed by atoms with van der Waals surface area (Å²) >= 11 is 0. The Kier molecular flexibility index (Phi) is 2.71. The highest BCUT2D eigenvalue weighted by Crippen LogP contribution is 2.12. The normalized spacial score (nSPS) is 20.8. The van der Waals surface area contributed by atoms with Crippen molar-refractivity contribution in [1.82, 2.24) is 10.3 Å². The fourth-order valence-electron chi connectivity index (χ4n) is 1.58. The van der Waals surface area contributed by atoms with E-state index in [0.717, 1.165) is 12.1 Å². The van der Waals surface area contributed by atoms with E-state index in [2.05, 4.69) is 15.6 Å². The van der Waals surface area contributed by atoms with E-state index in [4.69, 9.17) is 5.73 Å². The van der Waals surface area contributed by atoms with E-state index in [1.165, 1.54) is 0 Å². The summed E-state index contributed by atoms with van der Waals surface area (Å²) < 4.78 is 0. The second kappa shape index (κ2) is 4.16. The lowest BCUT2D eigenvalue weighted by molar-refractivity contribution is -0.122. The highest BCUT2D eigenvalue weighted by molar-refractivity contribution is 5.77. The molecule has 1 unspecified atom stereocenters. The number of pyridine rings is 1. The number of piperidine rings is 1. The van der Waals surface area contributed by atoms with Crippen LogP contribution in [0, 0.1) is 0 Å². The topological polar surface area (TPSA) is 80.0 Å². The van der Waals surface area contributed by atoms with Gasteiger partial charge in [0.2, 0.25) is 5.91 Å². The summed E-state index contributed by atoms with van der Waals surface area (Å²) in [5, 5.41) is 6.11. The largest absolute Gasteiger partial charge is 0.384 e. The molecule has 1 aliphatic rings. The summed E-state index contributed by atoms with van der Waals surface area (Å²) in [6.07, 6.45) is 3.14. The molecule has 0 spiro atoms. The van der Waals surface area contributed by atoms with Gasteiger partial charge in [0.05, 0.1) is 11.9 Å². The average Bonchev–Trinajstić information content (AvgIpc) is 2.25. The van der Waals surface area contributed by atoms with Crippen molar-refractivity contribution in [1.29, 1.82) is 0 Å². The molecule has 0 aromatic carbocycles. The van der Waals surface area contributed by atoms with Crippen molar-refractivity contribution >= 4 is 17.4 Å². The molecule has 0 bridgehead atoms. The van der Waals surface area contributed by atoms with Crippen LogP contribution < -0.4 is 16.4 Å². The van der Waals surface area contributed by atoms with E-state index in [0.29, 0.717) is 18.8 Å². The number of anilines is 2. The molecule has 1 amide bonds. The lowest BCUT2D eigenvalue weighted by Crippen LogP contribution is -2.41. The third kappa shape index (κ3) is 2.59. The van der Waals surface area contributed by atoms with Crippen molar-refractivity contribution in [2.24, 2.45) is 0 Å². The summed E-state index contributed by atoms with van der Waals surface area (Å²) in [6, 6.07) is 3.93. The van der Waals surface area contributed by atoms with E-state index < -0.39 is 0 Å². The van der Waals surface area contributed by atoms with Gasteiger partial charge in [-0.25, -0.2) is 4.98 Å².